The van der Waals surface area contributed by atoms with E-state index in [0.717, 1.165) is 5.56 Å². The Morgan fingerprint density at radius 2 is 2.00 bits per heavy atom. The summed E-state index contributed by atoms with van der Waals surface area (Å²) in [5.74, 6) is -0.699. The van der Waals surface area contributed by atoms with Crippen molar-refractivity contribution >= 4 is 17.9 Å². The van der Waals surface area contributed by atoms with Crippen LogP contribution in [0.25, 0.3) is 0 Å². The van der Waals surface area contributed by atoms with Crippen molar-refractivity contribution in [2.75, 3.05) is 19.7 Å². The number of cyclic esters (lactones) is 1. The van der Waals surface area contributed by atoms with E-state index in [2.05, 4.69) is 10.6 Å². The molecule has 0 bridgehead atoms. The van der Waals surface area contributed by atoms with Crippen LogP contribution >= 0.6 is 0 Å². The number of carbonyl (C=O) groups is 3. The molecule has 1 heterocycles. The number of rotatable bonds is 6. The second-order valence-corrected chi connectivity index (χ2v) is 6.99. The van der Waals surface area contributed by atoms with Crippen molar-refractivity contribution in [2.24, 2.45) is 5.92 Å². The van der Waals surface area contributed by atoms with Crippen LogP contribution in [0, 0.1) is 5.92 Å². The summed E-state index contributed by atoms with van der Waals surface area (Å²) in [5, 5.41) is 15.9. The van der Waals surface area contributed by atoms with E-state index in [9.17, 15) is 19.5 Å². The van der Waals surface area contributed by atoms with Crippen LogP contribution in [-0.4, -0.2) is 59.8 Å². The molecule has 3 rings (SSSR count). The van der Waals surface area contributed by atoms with E-state index in [4.69, 9.17) is 4.74 Å². The Morgan fingerprint density at radius 1 is 1.22 bits per heavy atom. The van der Waals surface area contributed by atoms with Crippen LogP contribution in [0.1, 0.15) is 24.8 Å². The fraction of sp³-hybridized carbons (Fsp3) is 0.526. The molecule has 8 heteroatoms. The minimum atomic E-state index is -0.697. The van der Waals surface area contributed by atoms with E-state index in [-0.39, 0.29) is 30.9 Å². The molecule has 8 nitrogen and oxygen atoms in total. The van der Waals surface area contributed by atoms with Gasteiger partial charge in [-0.05, 0) is 24.8 Å². The Labute approximate surface area is 157 Å². The van der Waals surface area contributed by atoms with Crippen LogP contribution in [0.15, 0.2) is 30.3 Å². The highest BCUT2D eigenvalue weighted by atomic mass is 16.6. The minimum Gasteiger partial charge on any atom is -0.448 e. The van der Waals surface area contributed by atoms with Gasteiger partial charge >= 0.3 is 6.09 Å². The zero-order valence-corrected chi connectivity index (χ0v) is 15.1. The van der Waals surface area contributed by atoms with Gasteiger partial charge in [-0.25, -0.2) is 4.79 Å². The van der Waals surface area contributed by atoms with Crippen LogP contribution in [0.2, 0.25) is 0 Å². The zero-order valence-electron chi connectivity index (χ0n) is 15.1. The lowest BCUT2D eigenvalue weighted by molar-refractivity contribution is -0.129. The third-order valence-corrected chi connectivity index (χ3v) is 5.02. The molecule has 1 aromatic carbocycles. The number of aliphatic hydroxyl groups excluding tert-OH is 1. The number of carbonyl (C=O) groups excluding carboxylic acids is 3. The van der Waals surface area contributed by atoms with Gasteiger partial charge in [-0.3, -0.25) is 14.5 Å². The lowest BCUT2D eigenvalue weighted by Gasteiger charge is -2.33. The van der Waals surface area contributed by atoms with Crippen molar-refractivity contribution < 1.29 is 24.2 Å². The molecule has 0 unspecified atom stereocenters. The molecule has 27 heavy (non-hydrogen) atoms. The predicted molar refractivity (Wildman–Crippen MR) is 96.5 cm³/mol. The van der Waals surface area contributed by atoms with Gasteiger partial charge in [0.2, 0.25) is 11.8 Å². The monoisotopic (exact) mass is 375 g/mol. The standard InChI is InChI=1S/C19H25N3O5/c23-16-7-6-14(18(25)20-11-13-4-2-1-3-5-13)10-15(16)21-17(24)12-22-8-9-27-19(22)26/h1-5,14-16,23H,6-12H2,(H,20,25)(H,21,24)/t14-,15+,16+/m0/s1. The van der Waals surface area contributed by atoms with E-state index in [1.54, 1.807) is 0 Å². The van der Waals surface area contributed by atoms with Crippen molar-refractivity contribution in [3.63, 3.8) is 0 Å². The fourth-order valence-electron chi connectivity index (χ4n) is 3.47. The molecule has 2 fully saturated rings. The lowest BCUT2D eigenvalue weighted by atomic mass is 9.83. The normalized spacial score (nSPS) is 25.0. The molecule has 3 amide bonds. The average Bonchev–Trinajstić information content (AvgIpc) is 3.07. The van der Waals surface area contributed by atoms with Crippen molar-refractivity contribution in [1.82, 2.24) is 15.5 Å². The number of benzene rings is 1. The topological polar surface area (TPSA) is 108 Å². The first-order valence-electron chi connectivity index (χ1n) is 9.23. The van der Waals surface area contributed by atoms with Crippen LogP contribution in [-0.2, 0) is 20.9 Å². The number of hydrogen-bond donors (Lipinski definition) is 3. The Hall–Kier alpha value is -2.61. The number of ether oxygens (including phenoxy) is 1. The maximum absolute atomic E-state index is 12.5. The Morgan fingerprint density at radius 3 is 2.70 bits per heavy atom. The molecule has 1 aliphatic carbocycles. The van der Waals surface area contributed by atoms with Gasteiger partial charge in [0.15, 0.2) is 0 Å². The van der Waals surface area contributed by atoms with Gasteiger partial charge in [0, 0.05) is 12.5 Å². The molecule has 3 atom stereocenters. The van der Waals surface area contributed by atoms with Crippen molar-refractivity contribution in [2.45, 2.75) is 38.0 Å². The summed E-state index contributed by atoms with van der Waals surface area (Å²) in [6, 6.07) is 9.13. The third-order valence-electron chi connectivity index (χ3n) is 5.02. The molecule has 0 radical (unpaired) electrons. The van der Waals surface area contributed by atoms with Gasteiger partial charge in [0.25, 0.3) is 0 Å². The van der Waals surface area contributed by atoms with Gasteiger partial charge in [-0.1, -0.05) is 30.3 Å². The quantitative estimate of drug-likeness (QED) is 0.667. The van der Waals surface area contributed by atoms with Crippen molar-refractivity contribution in [3.05, 3.63) is 35.9 Å². The molecule has 1 saturated heterocycles. The van der Waals surface area contributed by atoms with Crippen LogP contribution in [0.5, 0.6) is 0 Å². The van der Waals surface area contributed by atoms with Gasteiger partial charge in [0.1, 0.15) is 13.2 Å². The first-order valence-corrected chi connectivity index (χ1v) is 9.23. The molecular formula is C19H25N3O5. The second kappa shape index (κ2) is 8.85. The summed E-state index contributed by atoms with van der Waals surface area (Å²) < 4.78 is 4.79. The summed E-state index contributed by atoms with van der Waals surface area (Å²) >= 11 is 0. The summed E-state index contributed by atoms with van der Waals surface area (Å²) in [6.45, 7) is 1.01. The molecule has 0 spiro atoms. The largest absolute Gasteiger partial charge is 0.448 e. The Kier molecular flexibility index (Phi) is 6.28. The number of aliphatic hydroxyl groups is 1. The van der Waals surface area contributed by atoms with E-state index in [1.807, 2.05) is 30.3 Å². The third kappa shape index (κ3) is 5.19. The maximum Gasteiger partial charge on any atom is 0.410 e. The highest BCUT2D eigenvalue weighted by Gasteiger charge is 2.34. The minimum absolute atomic E-state index is 0.0758. The molecule has 1 saturated carbocycles. The predicted octanol–water partition coefficient (Wildman–Crippen LogP) is 0.401. The molecule has 3 N–H and O–H groups in total. The van der Waals surface area contributed by atoms with E-state index in [0.29, 0.717) is 32.4 Å². The number of nitrogens with one attached hydrogen (secondary N) is 2. The summed E-state index contributed by atoms with van der Waals surface area (Å²) in [7, 11) is 0. The van der Waals surface area contributed by atoms with Crippen LogP contribution in [0.3, 0.4) is 0 Å². The zero-order chi connectivity index (χ0) is 19.2. The fourth-order valence-corrected chi connectivity index (χ4v) is 3.47. The van der Waals surface area contributed by atoms with Gasteiger partial charge in [-0.15, -0.1) is 0 Å². The van der Waals surface area contributed by atoms with Crippen molar-refractivity contribution in [3.8, 4) is 0 Å². The first kappa shape index (κ1) is 19.2. The van der Waals surface area contributed by atoms with E-state index < -0.39 is 18.2 Å². The van der Waals surface area contributed by atoms with Crippen LogP contribution in [0.4, 0.5) is 4.79 Å². The van der Waals surface area contributed by atoms with Gasteiger partial charge in [-0.2, -0.15) is 0 Å². The van der Waals surface area contributed by atoms with Crippen LogP contribution < -0.4 is 10.6 Å². The summed E-state index contributed by atoms with van der Waals surface area (Å²) in [6.07, 6.45) is 0.190. The highest BCUT2D eigenvalue weighted by Crippen LogP contribution is 2.25. The number of amides is 3. The Bertz CT molecular complexity index is 681. The molecule has 1 aromatic rings. The highest BCUT2D eigenvalue weighted by molar-refractivity contribution is 5.83. The van der Waals surface area contributed by atoms with E-state index in [1.165, 1.54) is 4.90 Å². The molecule has 0 aromatic heterocycles. The molecular weight excluding hydrogens is 350 g/mol. The van der Waals surface area contributed by atoms with Gasteiger partial charge < -0.3 is 20.5 Å². The molecule has 146 valence electrons. The number of nitrogens with zero attached hydrogens (tertiary/aromatic N) is 1. The maximum atomic E-state index is 12.5. The Balaban J connectivity index is 1.48. The SMILES string of the molecule is O=C(CN1CCOC1=O)N[C@@H]1C[C@@H](C(=O)NCc2ccccc2)CC[C@H]1O. The lowest BCUT2D eigenvalue weighted by Crippen LogP contribution is -2.51. The van der Waals surface area contributed by atoms with E-state index >= 15 is 0 Å². The smallest absolute Gasteiger partial charge is 0.410 e. The summed E-state index contributed by atoms with van der Waals surface area (Å²) in [4.78, 5) is 37.4. The first-order chi connectivity index (χ1) is 13.0. The van der Waals surface area contributed by atoms with Crippen molar-refractivity contribution in [1.29, 1.82) is 0 Å². The summed E-state index contributed by atoms with van der Waals surface area (Å²) in [5.41, 5.74) is 1.02. The molecule has 1 aliphatic heterocycles. The molecule has 2 aliphatic rings. The second-order valence-electron chi connectivity index (χ2n) is 6.99. The number of hydrogen-bond acceptors (Lipinski definition) is 5. The van der Waals surface area contributed by atoms with Gasteiger partial charge in [0.05, 0.1) is 18.7 Å². The average molecular weight is 375 g/mol.